The predicted molar refractivity (Wildman–Crippen MR) is 83.2 cm³/mol. The van der Waals surface area contributed by atoms with Gasteiger partial charge in [0.15, 0.2) is 0 Å². The number of rotatable bonds is 2. The van der Waals surface area contributed by atoms with Crippen molar-refractivity contribution in [2.45, 2.75) is 58.9 Å². The molecule has 0 amide bonds. The lowest BCUT2D eigenvalue weighted by molar-refractivity contribution is 0.313. The zero-order valence-corrected chi connectivity index (χ0v) is 13.3. The smallest absolute Gasteiger partial charge is 0.0383 e. The highest BCUT2D eigenvalue weighted by Crippen LogP contribution is 2.35. The Morgan fingerprint density at radius 1 is 1.22 bits per heavy atom. The average Bonchev–Trinajstić information content (AvgIpc) is 2.46. The Balaban J connectivity index is 2.03. The van der Waals surface area contributed by atoms with Gasteiger partial charge in [-0.15, -0.1) is 0 Å². The Labute approximate surface area is 119 Å². The largest absolute Gasteiger partial charge is 0.382 e. The van der Waals surface area contributed by atoms with E-state index in [1.807, 2.05) is 0 Å². The van der Waals surface area contributed by atoms with Crippen molar-refractivity contribution in [3.8, 4) is 0 Å². The summed E-state index contributed by atoms with van der Waals surface area (Å²) < 4.78 is 1.16. The average molecular weight is 310 g/mol. The fourth-order valence-corrected chi connectivity index (χ4v) is 3.14. The first-order chi connectivity index (χ1) is 8.46. The van der Waals surface area contributed by atoms with Crippen molar-refractivity contribution < 1.29 is 0 Å². The summed E-state index contributed by atoms with van der Waals surface area (Å²) in [5.41, 5.74) is 3.15. The molecule has 1 aliphatic rings. The second-order valence-electron chi connectivity index (χ2n) is 6.40. The molecule has 1 unspecified atom stereocenters. The molecule has 0 saturated heterocycles. The minimum Gasteiger partial charge on any atom is -0.382 e. The molecule has 1 nitrogen and oxygen atoms in total. The van der Waals surface area contributed by atoms with Crippen molar-refractivity contribution >= 4 is 21.6 Å². The number of aryl methyl sites for hydroxylation is 1. The molecule has 0 heterocycles. The molecule has 0 bridgehead atoms. The summed E-state index contributed by atoms with van der Waals surface area (Å²) in [6.45, 7) is 6.98. The molecule has 0 spiro atoms. The fraction of sp³-hybridized carbons (Fsp3) is 0.625. The summed E-state index contributed by atoms with van der Waals surface area (Å²) in [6, 6.07) is 7.12. The van der Waals surface area contributed by atoms with Gasteiger partial charge in [0, 0.05) is 16.2 Å². The van der Waals surface area contributed by atoms with E-state index in [-0.39, 0.29) is 0 Å². The number of benzene rings is 1. The van der Waals surface area contributed by atoms with E-state index >= 15 is 0 Å². The lowest BCUT2D eigenvalue weighted by Gasteiger charge is -2.23. The molecule has 1 N–H and O–H groups in total. The summed E-state index contributed by atoms with van der Waals surface area (Å²) in [5.74, 6) is 0. The Kier molecular flexibility index (Phi) is 4.37. The summed E-state index contributed by atoms with van der Waals surface area (Å²) >= 11 is 3.55. The lowest BCUT2D eigenvalue weighted by Crippen LogP contribution is -2.19. The second kappa shape index (κ2) is 5.64. The first kappa shape index (κ1) is 13.9. The van der Waals surface area contributed by atoms with Gasteiger partial charge in [-0.05, 0) is 55.7 Å². The topological polar surface area (TPSA) is 12.0 Å². The molecule has 1 aliphatic carbocycles. The quantitative estimate of drug-likeness (QED) is 0.708. The molecule has 1 aromatic carbocycles. The molecule has 0 aromatic heterocycles. The van der Waals surface area contributed by atoms with E-state index in [0.717, 1.165) is 4.47 Å². The zero-order chi connectivity index (χ0) is 13.2. The highest BCUT2D eigenvalue weighted by Gasteiger charge is 2.24. The van der Waals surface area contributed by atoms with Gasteiger partial charge in [0.05, 0.1) is 0 Å². The van der Waals surface area contributed by atoms with Crippen LogP contribution in [0.4, 0.5) is 5.69 Å². The minimum atomic E-state index is 0.531. The first-order valence-electron chi connectivity index (χ1n) is 6.99. The maximum absolute atomic E-state index is 3.74. The molecule has 2 rings (SSSR count). The maximum atomic E-state index is 3.74. The van der Waals surface area contributed by atoms with Crippen LogP contribution >= 0.6 is 15.9 Å². The van der Waals surface area contributed by atoms with Gasteiger partial charge in [0.1, 0.15) is 0 Å². The third-order valence-corrected chi connectivity index (χ3v) is 4.63. The Morgan fingerprint density at radius 2 is 2.00 bits per heavy atom. The van der Waals surface area contributed by atoms with Crippen molar-refractivity contribution in [3.05, 3.63) is 28.2 Å². The van der Waals surface area contributed by atoms with E-state index in [1.165, 1.54) is 43.4 Å². The molecule has 2 heteroatoms. The van der Waals surface area contributed by atoms with E-state index in [9.17, 15) is 0 Å². The van der Waals surface area contributed by atoms with Crippen LogP contribution in [0.25, 0.3) is 0 Å². The van der Waals surface area contributed by atoms with Gasteiger partial charge in [-0.2, -0.15) is 0 Å². The molecule has 1 saturated carbocycles. The highest BCUT2D eigenvalue weighted by atomic mass is 79.9. The molecule has 18 heavy (non-hydrogen) atoms. The molecule has 1 aromatic rings. The van der Waals surface area contributed by atoms with Crippen LogP contribution in [0.3, 0.4) is 0 Å². The number of nitrogens with one attached hydrogen (secondary N) is 1. The number of hydrogen-bond acceptors (Lipinski definition) is 1. The SMILES string of the molecule is Cc1ccc(Br)cc1NC1CCCC(C)(C)CC1. The summed E-state index contributed by atoms with van der Waals surface area (Å²) in [7, 11) is 0. The Bertz CT molecular complexity index is 412. The normalized spacial score (nSPS) is 23.4. The van der Waals surface area contributed by atoms with Crippen LogP contribution in [0, 0.1) is 12.3 Å². The van der Waals surface area contributed by atoms with Crippen LogP contribution in [0.1, 0.15) is 51.5 Å². The standard InChI is InChI=1S/C16H24BrN/c1-12-6-7-13(17)11-15(12)18-14-5-4-9-16(2,3)10-8-14/h6-7,11,14,18H,4-5,8-10H2,1-3H3. The van der Waals surface area contributed by atoms with E-state index < -0.39 is 0 Å². The van der Waals surface area contributed by atoms with Gasteiger partial charge in [-0.1, -0.05) is 42.3 Å². The van der Waals surface area contributed by atoms with Crippen LogP contribution in [-0.4, -0.2) is 6.04 Å². The van der Waals surface area contributed by atoms with Crippen molar-refractivity contribution in [1.82, 2.24) is 0 Å². The molecule has 0 aliphatic heterocycles. The van der Waals surface area contributed by atoms with E-state index in [1.54, 1.807) is 0 Å². The Morgan fingerprint density at radius 3 is 2.78 bits per heavy atom. The number of halogens is 1. The van der Waals surface area contributed by atoms with Gasteiger partial charge in [-0.3, -0.25) is 0 Å². The summed E-state index contributed by atoms with van der Waals surface area (Å²) in [5, 5.41) is 3.74. The van der Waals surface area contributed by atoms with Gasteiger partial charge >= 0.3 is 0 Å². The zero-order valence-electron chi connectivity index (χ0n) is 11.7. The summed E-state index contributed by atoms with van der Waals surface area (Å²) in [4.78, 5) is 0. The van der Waals surface area contributed by atoms with E-state index in [2.05, 4.69) is 60.2 Å². The molecule has 1 atom stereocenters. The first-order valence-corrected chi connectivity index (χ1v) is 7.78. The monoisotopic (exact) mass is 309 g/mol. The summed E-state index contributed by atoms with van der Waals surface area (Å²) in [6.07, 6.45) is 6.63. The highest BCUT2D eigenvalue weighted by molar-refractivity contribution is 9.10. The van der Waals surface area contributed by atoms with E-state index in [0.29, 0.717) is 11.5 Å². The third-order valence-electron chi connectivity index (χ3n) is 4.13. The molecule has 0 radical (unpaired) electrons. The van der Waals surface area contributed by atoms with Crippen molar-refractivity contribution in [1.29, 1.82) is 0 Å². The van der Waals surface area contributed by atoms with E-state index in [4.69, 9.17) is 0 Å². The van der Waals surface area contributed by atoms with Crippen LogP contribution in [-0.2, 0) is 0 Å². The third kappa shape index (κ3) is 3.74. The molecule has 1 fully saturated rings. The van der Waals surface area contributed by atoms with Gasteiger partial charge in [0.25, 0.3) is 0 Å². The maximum Gasteiger partial charge on any atom is 0.0383 e. The molecular weight excluding hydrogens is 286 g/mol. The van der Waals surface area contributed by atoms with Crippen molar-refractivity contribution in [2.75, 3.05) is 5.32 Å². The van der Waals surface area contributed by atoms with Crippen LogP contribution in [0.5, 0.6) is 0 Å². The van der Waals surface area contributed by atoms with Gasteiger partial charge < -0.3 is 5.32 Å². The predicted octanol–water partition coefficient (Wildman–Crippen LogP) is 5.53. The number of anilines is 1. The number of hydrogen-bond donors (Lipinski definition) is 1. The minimum absolute atomic E-state index is 0.531. The van der Waals surface area contributed by atoms with Gasteiger partial charge in [0.2, 0.25) is 0 Å². The van der Waals surface area contributed by atoms with Crippen LogP contribution < -0.4 is 5.32 Å². The fourth-order valence-electron chi connectivity index (χ4n) is 2.78. The lowest BCUT2D eigenvalue weighted by atomic mass is 9.85. The Hall–Kier alpha value is -0.500. The molecular formula is C16H24BrN. The second-order valence-corrected chi connectivity index (χ2v) is 7.31. The van der Waals surface area contributed by atoms with Gasteiger partial charge in [-0.25, -0.2) is 0 Å². The van der Waals surface area contributed by atoms with Crippen molar-refractivity contribution in [2.24, 2.45) is 5.41 Å². The van der Waals surface area contributed by atoms with Crippen LogP contribution in [0.15, 0.2) is 22.7 Å². The van der Waals surface area contributed by atoms with Crippen molar-refractivity contribution in [3.63, 3.8) is 0 Å². The van der Waals surface area contributed by atoms with Crippen LogP contribution in [0.2, 0.25) is 0 Å². The molecule has 100 valence electrons.